The lowest BCUT2D eigenvalue weighted by molar-refractivity contribution is -0.124. The summed E-state index contributed by atoms with van der Waals surface area (Å²) in [5.74, 6) is -1.06. The predicted octanol–water partition coefficient (Wildman–Crippen LogP) is 1.15. The average molecular weight is 320 g/mol. The average Bonchev–Trinajstić information content (AvgIpc) is 2.49. The molecule has 0 saturated heterocycles. The molecule has 0 saturated carbocycles. The van der Waals surface area contributed by atoms with E-state index in [2.05, 4.69) is 16.2 Å². The van der Waals surface area contributed by atoms with Crippen LogP contribution in [-0.2, 0) is 4.79 Å². The summed E-state index contributed by atoms with van der Waals surface area (Å²) in [6.45, 7) is 7.46. The van der Waals surface area contributed by atoms with Crippen LogP contribution in [0.3, 0.4) is 0 Å². The van der Waals surface area contributed by atoms with Gasteiger partial charge < -0.3 is 11.1 Å². The highest BCUT2D eigenvalue weighted by Gasteiger charge is 2.25. The van der Waals surface area contributed by atoms with Crippen molar-refractivity contribution in [1.29, 1.82) is 0 Å². The summed E-state index contributed by atoms with van der Waals surface area (Å²) in [6.07, 6.45) is 0.670. The third kappa shape index (κ3) is 5.28. The van der Waals surface area contributed by atoms with Gasteiger partial charge in [0, 0.05) is 5.56 Å². The largest absolute Gasteiger partial charge is 0.352 e. The van der Waals surface area contributed by atoms with Crippen LogP contribution in [-0.4, -0.2) is 23.9 Å². The highest BCUT2D eigenvalue weighted by molar-refractivity contribution is 5.97. The van der Waals surface area contributed by atoms with Crippen molar-refractivity contribution in [2.45, 2.75) is 40.2 Å². The fourth-order valence-electron chi connectivity index (χ4n) is 2.19. The van der Waals surface area contributed by atoms with Crippen LogP contribution < -0.4 is 21.9 Å². The van der Waals surface area contributed by atoms with Crippen LogP contribution in [0.15, 0.2) is 18.2 Å². The van der Waals surface area contributed by atoms with E-state index in [9.17, 15) is 14.4 Å². The summed E-state index contributed by atoms with van der Waals surface area (Å²) < 4.78 is 0. The first-order chi connectivity index (χ1) is 10.8. The number of hydrazine groups is 1. The molecule has 0 heterocycles. The molecule has 0 aliphatic rings. The molecule has 2 atom stereocenters. The summed E-state index contributed by atoms with van der Waals surface area (Å²) in [5, 5.41) is 2.39. The predicted molar refractivity (Wildman–Crippen MR) is 87.5 cm³/mol. The Morgan fingerprint density at radius 3 is 2.35 bits per heavy atom. The number of urea groups is 1. The molecule has 1 rings (SSSR count). The van der Waals surface area contributed by atoms with Crippen LogP contribution >= 0.6 is 0 Å². The quantitative estimate of drug-likeness (QED) is 0.610. The van der Waals surface area contributed by atoms with Crippen LogP contribution in [0.1, 0.15) is 41.8 Å². The van der Waals surface area contributed by atoms with E-state index < -0.39 is 23.9 Å². The van der Waals surface area contributed by atoms with Crippen molar-refractivity contribution in [3.63, 3.8) is 0 Å². The van der Waals surface area contributed by atoms with Gasteiger partial charge in [-0.15, -0.1) is 0 Å². The van der Waals surface area contributed by atoms with Gasteiger partial charge in [-0.25, -0.2) is 4.79 Å². The molecule has 0 radical (unpaired) electrons. The lowest BCUT2D eigenvalue weighted by Gasteiger charge is -2.22. The van der Waals surface area contributed by atoms with Crippen molar-refractivity contribution in [2.75, 3.05) is 0 Å². The Morgan fingerprint density at radius 1 is 1.17 bits per heavy atom. The van der Waals surface area contributed by atoms with E-state index in [-0.39, 0.29) is 5.92 Å². The van der Waals surface area contributed by atoms with E-state index in [1.165, 1.54) is 0 Å². The third-order valence-corrected chi connectivity index (χ3v) is 3.72. The summed E-state index contributed by atoms with van der Waals surface area (Å²) in [7, 11) is 0. The number of aryl methyl sites for hydroxylation is 2. The molecule has 0 unspecified atom stereocenters. The maximum atomic E-state index is 12.2. The molecule has 0 spiro atoms. The summed E-state index contributed by atoms with van der Waals surface area (Å²) >= 11 is 0. The molecule has 23 heavy (non-hydrogen) atoms. The Kier molecular flexibility index (Phi) is 6.56. The maximum Gasteiger partial charge on any atom is 0.312 e. The number of hydrogen-bond donors (Lipinski definition) is 4. The standard InChI is InChI=1S/C16H24N4O3/c1-5-10(3)13(18-16(17)23)15(22)20-19-14(21)12-7-6-9(2)8-11(12)4/h6-8,10,13H,5H2,1-4H3,(H,19,21)(H,20,22)(H3,17,18,23)/t10-,13-/m0/s1. The minimum Gasteiger partial charge on any atom is -0.352 e. The highest BCUT2D eigenvalue weighted by Crippen LogP contribution is 2.10. The van der Waals surface area contributed by atoms with E-state index in [0.717, 1.165) is 11.1 Å². The minimum atomic E-state index is -0.808. The Hall–Kier alpha value is -2.57. The van der Waals surface area contributed by atoms with Crippen LogP contribution in [0, 0.1) is 19.8 Å². The second-order valence-corrected chi connectivity index (χ2v) is 5.63. The normalized spacial score (nSPS) is 12.9. The number of rotatable bonds is 5. The first-order valence-electron chi connectivity index (χ1n) is 7.49. The molecular formula is C16H24N4O3. The lowest BCUT2D eigenvalue weighted by Crippen LogP contribution is -2.55. The van der Waals surface area contributed by atoms with Gasteiger partial charge in [-0.05, 0) is 31.4 Å². The molecule has 1 aromatic carbocycles. The zero-order valence-electron chi connectivity index (χ0n) is 13.9. The van der Waals surface area contributed by atoms with Gasteiger partial charge in [0.2, 0.25) is 0 Å². The molecule has 5 N–H and O–H groups in total. The lowest BCUT2D eigenvalue weighted by atomic mass is 9.99. The van der Waals surface area contributed by atoms with Crippen molar-refractivity contribution < 1.29 is 14.4 Å². The zero-order valence-corrected chi connectivity index (χ0v) is 13.9. The van der Waals surface area contributed by atoms with Gasteiger partial charge in [-0.2, -0.15) is 0 Å². The summed E-state index contributed by atoms with van der Waals surface area (Å²) in [4.78, 5) is 35.3. The number of hydrogen-bond acceptors (Lipinski definition) is 3. The number of nitrogens with one attached hydrogen (secondary N) is 3. The van der Waals surface area contributed by atoms with Crippen molar-refractivity contribution in [3.8, 4) is 0 Å². The molecule has 0 aromatic heterocycles. The zero-order chi connectivity index (χ0) is 17.6. The van der Waals surface area contributed by atoms with E-state index >= 15 is 0 Å². The van der Waals surface area contributed by atoms with Gasteiger partial charge >= 0.3 is 6.03 Å². The second-order valence-electron chi connectivity index (χ2n) is 5.63. The first kappa shape index (κ1) is 18.5. The SMILES string of the molecule is CC[C@H](C)[C@H](NC(N)=O)C(=O)NNC(=O)c1ccc(C)cc1C. The molecule has 7 nitrogen and oxygen atoms in total. The number of amides is 4. The molecule has 1 aromatic rings. The summed E-state index contributed by atoms with van der Waals surface area (Å²) in [6, 6.07) is 3.80. The van der Waals surface area contributed by atoms with E-state index in [0.29, 0.717) is 12.0 Å². The van der Waals surface area contributed by atoms with Gasteiger partial charge in [-0.1, -0.05) is 38.0 Å². The van der Waals surface area contributed by atoms with Gasteiger partial charge in [0.05, 0.1) is 0 Å². The number of nitrogens with two attached hydrogens (primary N) is 1. The van der Waals surface area contributed by atoms with E-state index in [1.807, 2.05) is 39.8 Å². The third-order valence-electron chi connectivity index (χ3n) is 3.72. The first-order valence-corrected chi connectivity index (χ1v) is 7.49. The van der Waals surface area contributed by atoms with Crippen LogP contribution in [0.5, 0.6) is 0 Å². The fraction of sp³-hybridized carbons (Fsp3) is 0.438. The fourth-order valence-corrected chi connectivity index (χ4v) is 2.19. The topological polar surface area (TPSA) is 113 Å². The van der Waals surface area contributed by atoms with Crippen molar-refractivity contribution in [1.82, 2.24) is 16.2 Å². The molecule has 4 amide bonds. The van der Waals surface area contributed by atoms with Crippen LogP contribution in [0.4, 0.5) is 4.79 Å². The Balaban J connectivity index is 2.72. The van der Waals surface area contributed by atoms with Crippen LogP contribution in [0.25, 0.3) is 0 Å². The van der Waals surface area contributed by atoms with Gasteiger partial charge in [0.1, 0.15) is 6.04 Å². The number of carbonyl (C=O) groups is 3. The maximum absolute atomic E-state index is 12.2. The monoisotopic (exact) mass is 320 g/mol. The number of benzene rings is 1. The molecule has 0 aliphatic carbocycles. The smallest absolute Gasteiger partial charge is 0.312 e. The van der Waals surface area contributed by atoms with E-state index in [1.54, 1.807) is 6.07 Å². The number of primary amides is 1. The van der Waals surface area contributed by atoms with Crippen molar-refractivity contribution in [3.05, 3.63) is 34.9 Å². The van der Waals surface area contributed by atoms with Gasteiger partial charge in [0.25, 0.3) is 11.8 Å². The molecule has 7 heteroatoms. The minimum absolute atomic E-state index is 0.125. The number of carbonyl (C=O) groups excluding carboxylic acids is 3. The molecule has 126 valence electrons. The van der Waals surface area contributed by atoms with Gasteiger partial charge in [-0.3, -0.25) is 20.4 Å². The Bertz CT molecular complexity index is 601. The molecule has 0 aliphatic heterocycles. The Morgan fingerprint density at radius 2 is 1.83 bits per heavy atom. The molecule has 0 bridgehead atoms. The Labute approximate surface area is 136 Å². The van der Waals surface area contributed by atoms with Crippen LogP contribution in [0.2, 0.25) is 0 Å². The van der Waals surface area contributed by atoms with E-state index in [4.69, 9.17) is 5.73 Å². The highest BCUT2D eigenvalue weighted by atomic mass is 16.2. The van der Waals surface area contributed by atoms with Crippen molar-refractivity contribution >= 4 is 17.8 Å². The summed E-state index contributed by atoms with van der Waals surface area (Å²) in [5.41, 5.74) is 12.1. The van der Waals surface area contributed by atoms with Gasteiger partial charge in [0.15, 0.2) is 0 Å². The molecular weight excluding hydrogens is 296 g/mol. The van der Waals surface area contributed by atoms with Crippen molar-refractivity contribution in [2.24, 2.45) is 11.7 Å². The molecule has 0 fully saturated rings. The second kappa shape index (κ2) is 8.17.